The first-order valence-electron chi connectivity index (χ1n) is 7.55. The van der Waals surface area contributed by atoms with E-state index >= 15 is 0 Å². The van der Waals surface area contributed by atoms with Crippen LogP contribution in [-0.4, -0.2) is 23.1 Å². The molecule has 1 aromatic heterocycles. The van der Waals surface area contributed by atoms with E-state index in [9.17, 15) is 13.2 Å². The lowest BCUT2D eigenvalue weighted by molar-refractivity contribution is -0.138. The minimum absolute atomic E-state index is 0.0852. The first kappa shape index (κ1) is 16.8. The van der Waals surface area contributed by atoms with Crippen LogP contribution in [0.2, 0.25) is 5.15 Å². The summed E-state index contributed by atoms with van der Waals surface area (Å²) in [6, 6.07) is 7.41. The molecular formula is C16H16ClF3N4. The number of halogens is 4. The quantitative estimate of drug-likeness (QED) is 0.822. The zero-order valence-electron chi connectivity index (χ0n) is 12.7. The van der Waals surface area contributed by atoms with Crippen molar-refractivity contribution >= 4 is 23.4 Å². The average molecular weight is 357 g/mol. The third kappa shape index (κ3) is 3.56. The Labute approximate surface area is 142 Å². The highest BCUT2D eigenvalue weighted by molar-refractivity contribution is 6.29. The second-order valence-electron chi connectivity index (χ2n) is 5.75. The van der Waals surface area contributed by atoms with Crippen molar-refractivity contribution in [3.8, 4) is 0 Å². The van der Waals surface area contributed by atoms with Gasteiger partial charge in [0.15, 0.2) is 0 Å². The van der Waals surface area contributed by atoms with Crippen LogP contribution in [0.5, 0.6) is 0 Å². The summed E-state index contributed by atoms with van der Waals surface area (Å²) in [6.07, 6.45) is -3.12. The summed E-state index contributed by atoms with van der Waals surface area (Å²) >= 11 is 5.88. The summed E-state index contributed by atoms with van der Waals surface area (Å²) in [5, 5.41) is 0.252. The van der Waals surface area contributed by atoms with Gasteiger partial charge in [-0.3, -0.25) is 0 Å². The molecule has 24 heavy (non-hydrogen) atoms. The number of hydrogen-bond donors (Lipinski definition) is 1. The molecule has 1 fully saturated rings. The first-order valence-corrected chi connectivity index (χ1v) is 7.93. The number of piperidine rings is 1. The van der Waals surface area contributed by atoms with E-state index in [1.807, 2.05) is 4.90 Å². The molecule has 8 heteroatoms. The van der Waals surface area contributed by atoms with E-state index in [4.69, 9.17) is 17.3 Å². The standard InChI is InChI=1S/C16H16ClF3N4/c17-13-9-14(23-15(21)22-13)24-7-5-10(6-8-24)11-3-1-2-4-12(11)16(18,19)20/h1-4,9-10H,5-8H2,(H2,21,22,23). The highest BCUT2D eigenvalue weighted by Gasteiger charge is 2.35. The number of hydrogen-bond acceptors (Lipinski definition) is 4. The number of aromatic nitrogens is 2. The van der Waals surface area contributed by atoms with E-state index in [1.165, 1.54) is 6.07 Å². The minimum atomic E-state index is -4.33. The lowest BCUT2D eigenvalue weighted by atomic mass is 9.86. The van der Waals surface area contributed by atoms with Crippen LogP contribution in [0.3, 0.4) is 0 Å². The second-order valence-corrected chi connectivity index (χ2v) is 6.14. The van der Waals surface area contributed by atoms with Gasteiger partial charge in [-0.25, -0.2) is 4.98 Å². The van der Waals surface area contributed by atoms with Crippen molar-refractivity contribution in [1.82, 2.24) is 9.97 Å². The van der Waals surface area contributed by atoms with Gasteiger partial charge in [-0.2, -0.15) is 18.2 Å². The Hall–Kier alpha value is -2.02. The minimum Gasteiger partial charge on any atom is -0.368 e. The van der Waals surface area contributed by atoms with Crippen molar-refractivity contribution in [1.29, 1.82) is 0 Å². The molecule has 0 saturated carbocycles. The average Bonchev–Trinajstić information content (AvgIpc) is 2.53. The zero-order valence-corrected chi connectivity index (χ0v) is 13.5. The normalized spacial score (nSPS) is 16.4. The third-order valence-electron chi connectivity index (χ3n) is 4.22. The van der Waals surface area contributed by atoms with Crippen molar-refractivity contribution < 1.29 is 13.2 Å². The number of benzene rings is 1. The molecule has 1 saturated heterocycles. The van der Waals surface area contributed by atoms with Gasteiger partial charge in [-0.15, -0.1) is 0 Å². The van der Waals surface area contributed by atoms with E-state index in [0.29, 0.717) is 37.3 Å². The fourth-order valence-electron chi connectivity index (χ4n) is 3.12. The van der Waals surface area contributed by atoms with Crippen LogP contribution in [0.4, 0.5) is 24.9 Å². The smallest absolute Gasteiger partial charge is 0.368 e. The molecule has 0 atom stereocenters. The van der Waals surface area contributed by atoms with Gasteiger partial charge in [-0.1, -0.05) is 29.8 Å². The molecule has 1 aromatic carbocycles. The van der Waals surface area contributed by atoms with Gasteiger partial charge in [0, 0.05) is 19.2 Å². The number of anilines is 2. The SMILES string of the molecule is Nc1nc(Cl)cc(N2CCC(c3ccccc3C(F)(F)F)CC2)n1. The van der Waals surface area contributed by atoms with E-state index in [-0.39, 0.29) is 17.0 Å². The maximum absolute atomic E-state index is 13.2. The van der Waals surface area contributed by atoms with Crippen molar-refractivity contribution in [3.63, 3.8) is 0 Å². The molecule has 0 unspecified atom stereocenters. The molecule has 0 bridgehead atoms. The highest BCUT2D eigenvalue weighted by Crippen LogP contribution is 2.39. The van der Waals surface area contributed by atoms with Gasteiger partial charge in [-0.05, 0) is 30.4 Å². The summed E-state index contributed by atoms with van der Waals surface area (Å²) < 4.78 is 39.5. The first-order chi connectivity index (χ1) is 11.3. The third-order valence-corrected chi connectivity index (χ3v) is 4.42. The molecule has 128 valence electrons. The zero-order chi connectivity index (χ0) is 17.3. The van der Waals surface area contributed by atoms with Crippen molar-refractivity contribution in [2.75, 3.05) is 23.7 Å². The van der Waals surface area contributed by atoms with Crippen molar-refractivity contribution in [3.05, 3.63) is 46.6 Å². The summed E-state index contributed by atoms with van der Waals surface area (Å²) in [6.45, 7) is 1.17. The number of nitrogens with zero attached hydrogens (tertiary/aromatic N) is 3. The molecule has 1 aliphatic heterocycles. The van der Waals surface area contributed by atoms with Crippen LogP contribution in [0.15, 0.2) is 30.3 Å². The van der Waals surface area contributed by atoms with Crippen molar-refractivity contribution in [2.45, 2.75) is 24.9 Å². The van der Waals surface area contributed by atoms with Gasteiger partial charge >= 0.3 is 6.18 Å². The van der Waals surface area contributed by atoms with Gasteiger partial charge in [0.1, 0.15) is 11.0 Å². The molecule has 2 aromatic rings. The van der Waals surface area contributed by atoms with Gasteiger partial charge in [0.05, 0.1) is 5.56 Å². The van der Waals surface area contributed by atoms with E-state index in [1.54, 1.807) is 18.2 Å². The fourth-order valence-corrected chi connectivity index (χ4v) is 3.30. The molecule has 0 radical (unpaired) electrons. The van der Waals surface area contributed by atoms with Crippen LogP contribution >= 0.6 is 11.6 Å². The van der Waals surface area contributed by atoms with Crippen LogP contribution in [0.1, 0.15) is 29.9 Å². The van der Waals surface area contributed by atoms with Gasteiger partial charge in [0.25, 0.3) is 0 Å². The van der Waals surface area contributed by atoms with Crippen LogP contribution in [-0.2, 0) is 6.18 Å². The summed E-state index contributed by atoms with van der Waals surface area (Å²) in [4.78, 5) is 9.92. The van der Waals surface area contributed by atoms with Crippen LogP contribution < -0.4 is 10.6 Å². The fraction of sp³-hybridized carbons (Fsp3) is 0.375. The second kappa shape index (κ2) is 6.47. The molecule has 3 rings (SSSR count). The highest BCUT2D eigenvalue weighted by atomic mass is 35.5. The van der Waals surface area contributed by atoms with Crippen LogP contribution in [0.25, 0.3) is 0 Å². The van der Waals surface area contributed by atoms with E-state index < -0.39 is 11.7 Å². The summed E-state index contributed by atoms with van der Waals surface area (Å²) in [5.74, 6) is 0.561. The molecule has 0 aliphatic carbocycles. The Bertz CT molecular complexity index is 707. The maximum atomic E-state index is 13.2. The molecule has 0 amide bonds. The van der Waals surface area contributed by atoms with Crippen LogP contribution in [0, 0.1) is 0 Å². The molecule has 2 heterocycles. The maximum Gasteiger partial charge on any atom is 0.416 e. The van der Waals surface area contributed by atoms with Gasteiger partial charge < -0.3 is 10.6 Å². The Morgan fingerprint density at radius 3 is 2.42 bits per heavy atom. The molecule has 1 aliphatic rings. The number of alkyl halides is 3. The molecular weight excluding hydrogens is 341 g/mol. The lowest BCUT2D eigenvalue weighted by Crippen LogP contribution is -2.34. The van der Waals surface area contributed by atoms with Crippen molar-refractivity contribution in [2.24, 2.45) is 0 Å². The summed E-state index contributed by atoms with van der Waals surface area (Å²) in [5.41, 5.74) is 5.42. The molecule has 2 N–H and O–H groups in total. The molecule has 4 nitrogen and oxygen atoms in total. The largest absolute Gasteiger partial charge is 0.416 e. The topological polar surface area (TPSA) is 55.0 Å². The number of nitrogens with two attached hydrogens (primary N) is 1. The Morgan fingerprint density at radius 1 is 1.12 bits per heavy atom. The number of nitrogen functional groups attached to an aromatic ring is 1. The van der Waals surface area contributed by atoms with E-state index in [0.717, 1.165) is 6.07 Å². The van der Waals surface area contributed by atoms with Gasteiger partial charge in [0.2, 0.25) is 5.95 Å². The lowest BCUT2D eigenvalue weighted by Gasteiger charge is -2.34. The molecule has 0 spiro atoms. The number of rotatable bonds is 2. The van der Waals surface area contributed by atoms with E-state index in [2.05, 4.69) is 9.97 Å². The Balaban J connectivity index is 1.76. The monoisotopic (exact) mass is 356 g/mol. The summed E-state index contributed by atoms with van der Waals surface area (Å²) in [7, 11) is 0. The predicted octanol–water partition coefficient (Wildman–Crippen LogP) is 4.12. The Kier molecular flexibility index (Phi) is 4.54. The predicted molar refractivity (Wildman–Crippen MR) is 87.1 cm³/mol. The Morgan fingerprint density at radius 2 is 1.79 bits per heavy atom.